The van der Waals surface area contributed by atoms with E-state index in [2.05, 4.69) is 0 Å². The van der Waals surface area contributed by atoms with E-state index in [1.54, 1.807) is 72.4 Å². The second-order valence-electron chi connectivity index (χ2n) is 12.0. The molecule has 1 aromatic carbocycles. The van der Waals surface area contributed by atoms with E-state index in [0.717, 1.165) is 5.56 Å². The lowest BCUT2D eigenvalue weighted by Gasteiger charge is -2.36. The quantitative estimate of drug-likeness (QED) is 0.310. The molecular formula is C27H43NO8S. The number of hydrogen-bond donors (Lipinski definition) is 0. The predicted molar refractivity (Wildman–Crippen MR) is 139 cm³/mol. The van der Waals surface area contributed by atoms with Crippen LogP contribution in [0.2, 0.25) is 0 Å². The smallest absolute Gasteiger partial charge is 0.412 e. The van der Waals surface area contributed by atoms with E-state index in [-0.39, 0.29) is 42.5 Å². The van der Waals surface area contributed by atoms with Crippen LogP contribution in [0.3, 0.4) is 0 Å². The van der Waals surface area contributed by atoms with Gasteiger partial charge in [-0.15, -0.1) is 0 Å². The number of aryl methyl sites for hydroxylation is 1. The van der Waals surface area contributed by atoms with Crippen LogP contribution in [0, 0.1) is 12.8 Å². The van der Waals surface area contributed by atoms with Crippen molar-refractivity contribution in [3.63, 3.8) is 0 Å². The summed E-state index contributed by atoms with van der Waals surface area (Å²) in [5.41, 5.74) is -1.30. The van der Waals surface area contributed by atoms with Gasteiger partial charge in [0.2, 0.25) is 0 Å². The van der Waals surface area contributed by atoms with Gasteiger partial charge < -0.3 is 14.2 Å². The van der Waals surface area contributed by atoms with Crippen molar-refractivity contribution in [1.82, 2.24) is 4.90 Å². The molecular weight excluding hydrogens is 498 g/mol. The minimum Gasteiger partial charge on any atom is -0.460 e. The number of carbonyl (C=O) groups is 2. The van der Waals surface area contributed by atoms with Crippen molar-refractivity contribution < 1.29 is 36.4 Å². The summed E-state index contributed by atoms with van der Waals surface area (Å²) in [5.74, 6) is -0.758. The van der Waals surface area contributed by atoms with Crippen LogP contribution < -0.4 is 0 Å². The molecule has 0 radical (unpaired) electrons. The Labute approximate surface area is 221 Å². The zero-order valence-corrected chi connectivity index (χ0v) is 24.4. The van der Waals surface area contributed by atoms with Gasteiger partial charge in [-0.2, -0.15) is 8.42 Å². The molecule has 37 heavy (non-hydrogen) atoms. The van der Waals surface area contributed by atoms with Gasteiger partial charge in [-0.1, -0.05) is 17.7 Å². The van der Waals surface area contributed by atoms with E-state index in [1.165, 1.54) is 12.1 Å². The number of esters is 1. The number of nitrogens with zero attached hydrogens (tertiary/aromatic N) is 1. The maximum absolute atomic E-state index is 13.0. The summed E-state index contributed by atoms with van der Waals surface area (Å²) in [5, 5.41) is 0. The van der Waals surface area contributed by atoms with Crippen molar-refractivity contribution in [2.24, 2.45) is 5.92 Å². The lowest BCUT2D eigenvalue weighted by molar-refractivity contribution is -0.155. The summed E-state index contributed by atoms with van der Waals surface area (Å²) < 4.78 is 48.0. The summed E-state index contributed by atoms with van der Waals surface area (Å²) in [6.07, 6.45) is 0.241. The number of hydrogen-bond acceptors (Lipinski definition) is 8. The molecule has 0 spiro atoms. The number of rotatable bonds is 9. The fraction of sp³-hybridized carbons (Fsp3) is 0.704. The highest BCUT2D eigenvalue weighted by Crippen LogP contribution is 2.33. The SMILES string of the molecule is Cc1ccc(S(=O)(=O)OC[C@@H](CCC(=O)OC(C)(C)C)CC2COC(C)(C)N2C(=O)OC(C)(C)C)cc1. The average Bonchev–Trinajstić information content (AvgIpc) is 3.01. The predicted octanol–water partition coefficient (Wildman–Crippen LogP) is 5.20. The second-order valence-corrected chi connectivity index (χ2v) is 13.7. The lowest BCUT2D eigenvalue weighted by atomic mass is 9.95. The fourth-order valence-electron chi connectivity index (χ4n) is 4.06. The molecule has 1 amide bonds. The minimum atomic E-state index is -4.00. The molecule has 0 N–H and O–H groups in total. The van der Waals surface area contributed by atoms with Gasteiger partial charge in [0.15, 0.2) is 0 Å². The second kappa shape index (κ2) is 11.7. The van der Waals surface area contributed by atoms with Crippen LogP contribution in [0.5, 0.6) is 0 Å². The van der Waals surface area contributed by atoms with Gasteiger partial charge >= 0.3 is 12.1 Å². The molecule has 9 nitrogen and oxygen atoms in total. The van der Waals surface area contributed by atoms with E-state index < -0.39 is 33.1 Å². The molecule has 10 heteroatoms. The minimum absolute atomic E-state index is 0.0599. The Morgan fingerprint density at radius 1 is 1.05 bits per heavy atom. The van der Waals surface area contributed by atoms with E-state index in [9.17, 15) is 18.0 Å². The topological polar surface area (TPSA) is 108 Å². The Balaban J connectivity index is 2.21. The molecule has 2 rings (SSSR count). The number of carbonyl (C=O) groups excluding carboxylic acids is 2. The van der Waals surface area contributed by atoms with E-state index in [4.69, 9.17) is 18.4 Å². The molecule has 1 unspecified atom stereocenters. The highest BCUT2D eigenvalue weighted by atomic mass is 32.2. The summed E-state index contributed by atoms with van der Waals surface area (Å²) in [6.45, 7) is 16.3. The van der Waals surface area contributed by atoms with Gasteiger partial charge in [0.05, 0.1) is 24.2 Å². The summed E-state index contributed by atoms with van der Waals surface area (Å²) in [7, 11) is -4.00. The van der Waals surface area contributed by atoms with Gasteiger partial charge in [0, 0.05) is 6.42 Å². The number of amides is 1. The highest BCUT2D eigenvalue weighted by molar-refractivity contribution is 7.86. The van der Waals surface area contributed by atoms with Crippen LogP contribution in [-0.2, 0) is 33.3 Å². The highest BCUT2D eigenvalue weighted by Gasteiger charge is 2.46. The molecule has 2 atom stereocenters. The molecule has 0 aliphatic carbocycles. The maximum Gasteiger partial charge on any atom is 0.412 e. The first-order valence-electron chi connectivity index (χ1n) is 12.6. The van der Waals surface area contributed by atoms with Gasteiger partial charge in [-0.05, 0) is 93.2 Å². The molecule has 0 saturated carbocycles. The van der Waals surface area contributed by atoms with Crippen molar-refractivity contribution in [2.45, 2.75) is 109 Å². The zero-order chi connectivity index (χ0) is 28.2. The van der Waals surface area contributed by atoms with Gasteiger partial charge in [0.1, 0.15) is 16.9 Å². The Kier molecular flexibility index (Phi) is 9.82. The summed E-state index contributed by atoms with van der Waals surface area (Å²) in [4.78, 5) is 27.0. The molecule has 1 heterocycles. The average molecular weight is 542 g/mol. The lowest BCUT2D eigenvalue weighted by Crippen LogP contribution is -2.50. The van der Waals surface area contributed by atoms with Crippen LogP contribution >= 0.6 is 0 Å². The molecule has 1 fully saturated rings. The third-order valence-electron chi connectivity index (χ3n) is 5.72. The standard InChI is InChI=1S/C27H43NO8S/c1-19-10-13-22(14-11-19)37(31,32)34-17-20(12-15-23(29)35-25(2,3)4)16-21-18-33-27(8,9)28(21)24(30)36-26(5,6)7/h10-11,13-14,20-21H,12,15-18H2,1-9H3/t20-,21?/m0/s1. The molecule has 1 aliphatic heterocycles. The number of ether oxygens (including phenoxy) is 3. The van der Waals surface area contributed by atoms with E-state index in [0.29, 0.717) is 12.8 Å². The Hall–Kier alpha value is -2.17. The van der Waals surface area contributed by atoms with Gasteiger partial charge in [-0.25, -0.2) is 4.79 Å². The Morgan fingerprint density at radius 2 is 1.62 bits per heavy atom. The summed E-state index contributed by atoms with van der Waals surface area (Å²) >= 11 is 0. The van der Waals surface area contributed by atoms with Crippen molar-refractivity contribution in [3.05, 3.63) is 29.8 Å². The molecule has 0 bridgehead atoms. The van der Waals surface area contributed by atoms with Crippen molar-refractivity contribution in [2.75, 3.05) is 13.2 Å². The van der Waals surface area contributed by atoms with E-state index >= 15 is 0 Å². The monoisotopic (exact) mass is 541 g/mol. The zero-order valence-electron chi connectivity index (χ0n) is 23.6. The Bertz CT molecular complexity index is 1040. The maximum atomic E-state index is 13.0. The first kappa shape index (κ1) is 31.1. The van der Waals surface area contributed by atoms with E-state index in [1.807, 2.05) is 6.92 Å². The normalized spacial score (nSPS) is 18.9. The number of benzene rings is 1. The molecule has 1 aromatic rings. The van der Waals surface area contributed by atoms with Crippen LogP contribution in [0.4, 0.5) is 4.79 Å². The molecule has 0 aromatic heterocycles. The van der Waals surface area contributed by atoms with Crippen molar-refractivity contribution in [1.29, 1.82) is 0 Å². The first-order valence-corrected chi connectivity index (χ1v) is 14.0. The molecule has 1 aliphatic rings. The third kappa shape index (κ3) is 9.90. The Morgan fingerprint density at radius 3 is 2.16 bits per heavy atom. The van der Waals surface area contributed by atoms with Gasteiger partial charge in [0.25, 0.3) is 10.1 Å². The van der Waals surface area contributed by atoms with Crippen LogP contribution in [0.15, 0.2) is 29.2 Å². The van der Waals surface area contributed by atoms with Crippen molar-refractivity contribution >= 4 is 22.2 Å². The molecule has 210 valence electrons. The fourth-order valence-corrected chi connectivity index (χ4v) is 5.04. The largest absolute Gasteiger partial charge is 0.460 e. The van der Waals surface area contributed by atoms with Crippen molar-refractivity contribution in [3.8, 4) is 0 Å². The third-order valence-corrected chi connectivity index (χ3v) is 7.01. The summed E-state index contributed by atoms with van der Waals surface area (Å²) in [6, 6.07) is 6.01. The van der Waals surface area contributed by atoms with Crippen LogP contribution in [0.1, 0.15) is 80.2 Å². The van der Waals surface area contributed by atoms with Crippen LogP contribution in [-0.4, -0.2) is 61.6 Å². The van der Waals surface area contributed by atoms with Crippen LogP contribution in [0.25, 0.3) is 0 Å². The first-order chi connectivity index (χ1) is 16.8. The van der Waals surface area contributed by atoms with Gasteiger partial charge in [-0.3, -0.25) is 13.9 Å². The molecule has 1 saturated heterocycles.